The van der Waals surface area contributed by atoms with Gasteiger partial charge in [0.1, 0.15) is 17.6 Å². The van der Waals surface area contributed by atoms with Gasteiger partial charge in [-0.1, -0.05) is 18.2 Å². The first-order valence-electron chi connectivity index (χ1n) is 8.01. The van der Waals surface area contributed by atoms with Crippen molar-refractivity contribution in [3.05, 3.63) is 54.2 Å². The van der Waals surface area contributed by atoms with Crippen LogP contribution in [0.3, 0.4) is 0 Å². The molecule has 2 heterocycles. The summed E-state index contributed by atoms with van der Waals surface area (Å²) in [6.07, 6.45) is -4.83. The van der Waals surface area contributed by atoms with Crippen LogP contribution < -0.4 is 10.0 Å². The van der Waals surface area contributed by atoms with Crippen LogP contribution in [0.5, 0.6) is 0 Å². The van der Waals surface area contributed by atoms with Crippen molar-refractivity contribution in [1.82, 2.24) is 15.2 Å². The van der Waals surface area contributed by atoms with Crippen LogP contribution >= 0.6 is 0 Å². The predicted molar refractivity (Wildman–Crippen MR) is 99.7 cm³/mol. The quantitative estimate of drug-likeness (QED) is 0.559. The summed E-state index contributed by atoms with van der Waals surface area (Å²) in [6.45, 7) is 0. The highest BCUT2D eigenvalue weighted by Crippen LogP contribution is 2.24. The van der Waals surface area contributed by atoms with Crippen LogP contribution in [-0.2, 0) is 10.0 Å². The van der Waals surface area contributed by atoms with E-state index >= 15 is 0 Å². The van der Waals surface area contributed by atoms with Gasteiger partial charge in [-0.25, -0.2) is 13.4 Å². The number of nitrogens with zero attached hydrogens (tertiary/aromatic N) is 3. The summed E-state index contributed by atoms with van der Waals surface area (Å²) in [5, 5.41) is 18.6. The van der Waals surface area contributed by atoms with Gasteiger partial charge in [0.2, 0.25) is 10.0 Å². The number of hydrogen-bond donors (Lipinski definition) is 3. The number of alkyl halides is 3. The van der Waals surface area contributed by atoms with Crippen LogP contribution in [0.15, 0.2) is 48.5 Å². The van der Waals surface area contributed by atoms with Gasteiger partial charge in [0.25, 0.3) is 0 Å². The van der Waals surface area contributed by atoms with Crippen molar-refractivity contribution in [2.24, 2.45) is 0 Å². The minimum Gasteiger partial charge on any atom is -0.323 e. The van der Waals surface area contributed by atoms with E-state index in [0.717, 1.165) is 0 Å². The molecule has 8 nitrogen and oxygen atoms in total. The Labute approximate surface area is 163 Å². The van der Waals surface area contributed by atoms with E-state index in [0.29, 0.717) is 22.9 Å². The molecule has 0 aliphatic heterocycles. The van der Waals surface area contributed by atoms with E-state index in [1.165, 1.54) is 24.3 Å². The standard InChI is InChI=1S/C17H13F3N6O2S/c18-17(19,20)10-29(27,28)26-12-6-4-11(5-7-12)14-8-16(25-24-14)23-15-3-1-2-13(9-21)22-15/h1-8,26H,10H2,(H2,22,23,24,25). The first kappa shape index (κ1) is 20.2. The zero-order valence-corrected chi connectivity index (χ0v) is 15.3. The molecular formula is C17H13F3N6O2S. The summed E-state index contributed by atoms with van der Waals surface area (Å²) in [4.78, 5) is 4.07. The van der Waals surface area contributed by atoms with Crippen molar-refractivity contribution in [1.29, 1.82) is 5.26 Å². The maximum absolute atomic E-state index is 12.3. The molecule has 0 bridgehead atoms. The maximum atomic E-state index is 12.3. The first-order valence-corrected chi connectivity index (χ1v) is 9.66. The Kier molecular flexibility index (Phi) is 5.42. The topological polar surface area (TPSA) is 124 Å². The summed E-state index contributed by atoms with van der Waals surface area (Å²) in [6, 6.07) is 14.2. The molecule has 0 unspecified atom stereocenters. The second-order valence-corrected chi connectivity index (χ2v) is 7.59. The molecule has 0 saturated heterocycles. The van der Waals surface area contributed by atoms with Crippen molar-refractivity contribution in [3.63, 3.8) is 0 Å². The molecule has 3 rings (SSSR count). The largest absolute Gasteiger partial charge is 0.404 e. The molecule has 150 valence electrons. The smallest absolute Gasteiger partial charge is 0.323 e. The SMILES string of the molecule is N#Cc1cccc(Nc2cc(-c3ccc(NS(=O)(=O)CC(F)(F)F)cc3)[nH]n2)n1. The average Bonchev–Trinajstić information content (AvgIpc) is 3.08. The van der Waals surface area contributed by atoms with Crippen LogP contribution in [0.1, 0.15) is 5.69 Å². The molecule has 0 saturated carbocycles. The minimum absolute atomic E-state index is 0.00776. The molecule has 0 fully saturated rings. The van der Waals surface area contributed by atoms with E-state index in [9.17, 15) is 21.6 Å². The molecule has 29 heavy (non-hydrogen) atoms. The van der Waals surface area contributed by atoms with E-state index in [2.05, 4.69) is 20.5 Å². The van der Waals surface area contributed by atoms with E-state index in [4.69, 9.17) is 5.26 Å². The third-order valence-corrected chi connectivity index (χ3v) is 4.77. The number of nitriles is 1. The van der Waals surface area contributed by atoms with Crippen molar-refractivity contribution in [2.45, 2.75) is 6.18 Å². The summed E-state index contributed by atoms with van der Waals surface area (Å²) in [7, 11) is -4.54. The number of anilines is 3. The highest BCUT2D eigenvalue weighted by Gasteiger charge is 2.35. The number of nitrogens with one attached hydrogen (secondary N) is 3. The lowest BCUT2D eigenvalue weighted by Gasteiger charge is -2.10. The lowest BCUT2D eigenvalue weighted by molar-refractivity contribution is -0.106. The fraction of sp³-hybridized carbons (Fsp3) is 0.118. The molecule has 0 spiro atoms. The van der Waals surface area contributed by atoms with Gasteiger partial charge in [0, 0.05) is 11.8 Å². The normalized spacial score (nSPS) is 11.7. The van der Waals surface area contributed by atoms with Crippen molar-refractivity contribution in [2.75, 3.05) is 15.8 Å². The fourth-order valence-corrected chi connectivity index (χ4v) is 3.38. The fourth-order valence-electron chi connectivity index (χ4n) is 2.38. The Bertz CT molecular complexity index is 1150. The number of rotatable bonds is 6. The molecule has 0 aliphatic rings. The molecule has 3 aromatic rings. The number of H-pyrrole nitrogens is 1. The van der Waals surface area contributed by atoms with Crippen LogP contribution in [0.2, 0.25) is 0 Å². The highest BCUT2D eigenvalue weighted by atomic mass is 32.2. The second-order valence-electron chi connectivity index (χ2n) is 5.87. The Morgan fingerprint density at radius 3 is 2.48 bits per heavy atom. The Morgan fingerprint density at radius 2 is 1.83 bits per heavy atom. The number of aromatic nitrogens is 3. The summed E-state index contributed by atoms with van der Waals surface area (Å²) >= 11 is 0. The van der Waals surface area contributed by atoms with Gasteiger partial charge < -0.3 is 5.32 Å². The third kappa shape index (κ3) is 5.69. The molecule has 2 aromatic heterocycles. The molecule has 0 radical (unpaired) electrons. The predicted octanol–water partition coefficient (Wildman–Crippen LogP) is 3.39. The van der Waals surface area contributed by atoms with Crippen molar-refractivity contribution < 1.29 is 21.6 Å². The molecule has 0 amide bonds. The molecule has 3 N–H and O–H groups in total. The first-order chi connectivity index (χ1) is 13.6. The number of benzene rings is 1. The summed E-state index contributed by atoms with van der Waals surface area (Å²) in [5.74, 6) is -1.10. The van der Waals surface area contributed by atoms with Gasteiger partial charge in [0.05, 0.1) is 5.69 Å². The number of aromatic amines is 1. The monoisotopic (exact) mass is 422 g/mol. The van der Waals surface area contributed by atoms with Crippen LogP contribution in [0.4, 0.5) is 30.5 Å². The van der Waals surface area contributed by atoms with Gasteiger partial charge in [-0.05, 0) is 29.8 Å². The zero-order chi connectivity index (χ0) is 21.1. The van der Waals surface area contributed by atoms with Crippen LogP contribution in [0, 0.1) is 11.3 Å². The molecule has 1 aromatic carbocycles. The van der Waals surface area contributed by atoms with E-state index < -0.39 is 22.0 Å². The van der Waals surface area contributed by atoms with Crippen molar-refractivity contribution in [3.8, 4) is 17.3 Å². The van der Waals surface area contributed by atoms with E-state index in [1.807, 2.05) is 10.8 Å². The summed E-state index contributed by atoms with van der Waals surface area (Å²) < 4.78 is 61.8. The van der Waals surface area contributed by atoms with Crippen LogP contribution in [0.25, 0.3) is 11.3 Å². The van der Waals surface area contributed by atoms with Gasteiger partial charge in [-0.15, -0.1) is 0 Å². The average molecular weight is 422 g/mol. The van der Waals surface area contributed by atoms with E-state index in [-0.39, 0.29) is 11.4 Å². The molecule has 12 heteroatoms. The maximum Gasteiger partial charge on any atom is 0.404 e. The Morgan fingerprint density at radius 1 is 1.10 bits per heavy atom. The molecule has 0 atom stereocenters. The molecular weight excluding hydrogens is 409 g/mol. The third-order valence-electron chi connectivity index (χ3n) is 3.52. The summed E-state index contributed by atoms with van der Waals surface area (Å²) in [5.41, 5.74) is 1.46. The Balaban J connectivity index is 1.70. The molecule has 0 aliphatic carbocycles. The lowest BCUT2D eigenvalue weighted by Crippen LogP contribution is -2.27. The lowest BCUT2D eigenvalue weighted by atomic mass is 10.1. The van der Waals surface area contributed by atoms with Crippen molar-refractivity contribution >= 4 is 27.3 Å². The Hall–Kier alpha value is -3.59. The number of sulfonamides is 1. The van der Waals surface area contributed by atoms with Gasteiger partial charge in [-0.3, -0.25) is 9.82 Å². The highest BCUT2D eigenvalue weighted by molar-refractivity contribution is 7.92. The zero-order valence-electron chi connectivity index (χ0n) is 14.5. The second kappa shape index (κ2) is 7.80. The van der Waals surface area contributed by atoms with Gasteiger partial charge in [-0.2, -0.15) is 23.5 Å². The number of halogens is 3. The van der Waals surface area contributed by atoms with Gasteiger partial charge >= 0.3 is 6.18 Å². The van der Waals surface area contributed by atoms with Gasteiger partial charge in [0.15, 0.2) is 11.6 Å². The number of pyridine rings is 1. The van der Waals surface area contributed by atoms with Crippen LogP contribution in [-0.4, -0.2) is 35.5 Å². The van der Waals surface area contributed by atoms with E-state index in [1.54, 1.807) is 24.3 Å². The minimum atomic E-state index is -4.83. The number of hydrogen-bond acceptors (Lipinski definition) is 6.